The number of hydrogen-bond acceptors (Lipinski definition) is 2. The van der Waals surface area contributed by atoms with Crippen LogP contribution >= 0.6 is 0 Å². The predicted octanol–water partition coefficient (Wildman–Crippen LogP) is 2.54. The maximum Gasteiger partial charge on any atom is 0.246 e. The van der Waals surface area contributed by atoms with E-state index in [1.165, 1.54) is 10.9 Å². The molecule has 1 amide bonds. The number of amides is 1. The van der Waals surface area contributed by atoms with Gasteiger partial charge in [0.15, 0.2) is 0 Å². The average molecular weight is 286 g/mol. The summed E-state index contributed by atoms with van der Waals surface area (Å²) in [5.41, 5.74) is 2.94. The summed E-state index contributed by atoms with van der Waals surface area (Å²) in [5.74, 6) is -0.0989. The van der Waals surface area contributed by atoms with Crippen LogP contribution < -0.4 is 5.32 Å². The van der Waals surface area contributed by atoms with Crippen molar-refractivity contribution in [3.63, 3.8) is 0 Å². The Morgan fingerprint density at radius 3 is 2.90 bits per heavy atom. The molecule has 0 aliphatic heterocycles. The minimum atomic E-state index is -0.598. The Bertz CT molecular complexity index is 641. The summed E-state index contributed by atoms with van der Waals surface area (Å²) >= 11 is 0. The molecule has 0 spiro atoms. The number of nitrogens with one attached hydrogen (secondary N) is 2. The minimum absolute atomic E-state index is 0.0989. The van der Waals surface area contributed by atoms with Gasteiger partial charge in [0.25, 0.3) is 0 Å². The highest BCUT2D eigenvalue weighted by Crippen LogP contribution is 2.17. The van der Waals surface area contributed by atoms with Crippen LogP contribution in [0.5, 0.6) is 0 Å². The molecule has 1 aromatic carbocycles. The molecule has 2 aromatic rings. The van der Waals surface area contributed by atoms with Crippen molar-refractivity contribution >= 4 is 16.8 Å². The van der Waals surface area contributed by atoms with E-state index in [2.05, 4.69) is 16.4 Å². The Kier molecular flexibility index (Phi) is 5.17. The number of rotatable bonds is 6. The van der Waals surface area contributed by atoms with Crippen molar-refractivity contribution in [2.45, 2.75) is 32.8 Å². The van der Waals surface area contributed by atoms with Gasteiger partial charge in [0.1, 0.15) is 0 Å². The van der Waals surface area contributed by atoms with Crippen LogP contribution in [0.3, 0.4) is 0 Å². The minimum Gasteiger partial charge on any atom is -0.389 e. The van der Waals surface area contributed by atoms with Crippen molar-refractivity contribution in [3.8, 4) is 0 Å². The van der Waals surface area contributed by atoms with E-state index in [0.717, 1.165) is 11.9 Å². The van der Waals surface area contributed by atoms with Crippen LogP contribution in [0.2, 0.25) is 0 Å². The lowest BCUT2D eigenvalue weighted by Crippen LogP contribution is -2.27. The van der Waals surface area contributed by atoms with Gasteiger partial charge in [-0.2, -0.15) is 0 Å². The van der Waals surface area contributed by atoms with Gasteiger partial charge in [-0.25, -0.2) is 0 Å². The van der Waals surface area contributed by atoms with Gasteiger partial charge in [0.2, 0.25) is 5.91 Å². The Hall–Kier alpha value is -2.07. The lowest BCUT2D eigenvalue weighted by Gasteiger charge is -2.08. The number of hydrogen-bond donors (Lipinski definition) is 3. The van der Waals surface area contributed by atoms with Gasteiger partial charge < -0.3 is 15.4 Å². The third-order valence-electron chi connectivity index (χ3n) is 3.47. The average Bonchev–Trinajstić information content (AvgIpc) is 2.88. The van der Waals surface area contributed by atoms with E-state index < -0.39 is 6.10 Å². The highest BCUT2D eigenvalue weighted by molar-refractivity contribution is 5.93. The third-order valence-corrected chi connectivity index (χ3v) is 3.47. The van der Waals surface area contributed by atoms with Gasteiger partial charge in [0, 0.05) is 29.2 Å². The molecule has 4 nitrogen and oxygen atoms in total. The van der Waals surface area contributed by atoms with Crippen LogP contribution in [0.25, 0.3) is 10.9 Å². The van der Waals surface area contributed by atoms with Crippen molar-refractivity contribution in [2.24, 2.45) is 0 Å². The molecule has 0 radical (unpaired) electrons. The number of para-hydroxylation sites is 1. The Labute approximate surface area is 124 Å². The second-order valence-electron chi connectivity index (χ2n) is 5.15. The van der Waals surface area contributed by atoms with E-state index in [1.807, 2.05) is 31.3 Å². The number of benzene rings is 1. The molecule has 0 fully saturated rings. The molecule has 0 bridgehead atoms. The second kappa shape index (κ2) is 7.09. The molecule has 4 heteroatoms. The smallest absolute Gasteiger partial charge is 0.246 e. The molecule has 0 saturated carbocycles. The molecule has 3 N–H and O–H groups in total. The van der Waals surface area contributed by atoms with Crippen LogP contribution in [0.15, 0.2) is 42.1 Å². The standard InChI is InChI=1S/C17H22N2O2/c1-3-13(10-12(2)20)17(21)18-9-8-14-11-19-16-7-5-4-6-15(14)16/h4-7,10-12,19-20H,3,8-9H2,1-2H3,(H,18,21)/b13-10+/t12-/m0/s1. The monoisotopic (exact) mass is 286 g/mol. The van der Waals surface area contributed by atoms with Crippen LogP contribution in [0.4, 0.5) is 0 Å². The number of fused-ring (bicyclic) bond motifs is 1. The summed E-state index contributed by atoms with van der Waals surface area (Å²) in [4.78, 5) is 15.2. The number of aromatic nitrogens is 1. The van der Waals surface area contributed by atoms with Crippen molar-refractivity contribution in [2.75, 3.05) is 6.54 Å². The first-order valence-electron chi connectivity index (χ1n) is 7.33. The molecular formula is C17H22N2O2. The first kappa shape index (κ1) is 15.3. The molecule has 0 aliphatic rings. The zero-order valence-electron chi connectivity index (χ0n) is 12.5. The van der Waals surface area contributed by atoms with E-state index in [1.54, 1.807) is 13.0 Å². The molecule has 0 saturated heterocycles. The fraction of sp³-hybridized carbons (Fsp3) is 0.353. The summed E-state index contributed by atoms with van der Waals surface area (Å²) in [6.07, 6.45) is 4.38. The Morgan fingerprint density at radius 1 is 1.43 bits per heavy atom. The number of H-pyrrole nitrogens is 1. The quantitative estimate of drug-likeness (QED) is 0.714. The molecular weight excluding hydrogens is 264 g/mol. The van der Waals surface area contributed by atoms with Gasteiger partial charge in [-0.15, -0.1) is 0 Å². The molecule has 1 heterocycles. The fourth-order valence-electron chi connectivity index (χ4n) is 2.41. The van der Waals surface area contributed by atoms with E-state index in [-0.39, 0.29) is 5.91 Å². The highest BCUT2D eigenvalue weighted by atomic mass is 16.3. The van der Waals surface area contributed by atoms with Gasteiger partial charge >= 0.3 is 0 Å². The summed E-state index contributed by atoms with van der Waals surface area (Å²) in [5, 5.41) is 13.4. The van der Waals surface area contributed by atoms with Gasteiger partial charge in [0.05, 0.1) is 6.10 Å². The van der Waals surface area contributed by atoms with E-state index in [9.17, 15) is 9.90 Å². The molecule has 0 aliphatic carbocycles. The molecule has 2 rings (SSSR count). The predicted molar refractivity (Wildman–Crippen MR) is 85.1 cm³/mol. The number of aliphatic hydroxyl groups is 1. The van der Waals surface area contributed by atoms with Crippen molar-refractivity contribution in [3.05, 3.63) is 47.7 Å². The maximum atomic E-state index is 12.0. The van der Waals surface area contributed by atoms with Crippen LogP contribution in [0, 0.1) is 0 Å². The number of carbonyl (C=O) groups is 1. The summed E-state index contributed by atoms with van der Waals surface area (Å²) in [6, 6.07) is 8.13. The normalized spacial score (nSPS) is 13.4. The molecule has 1 aromatic heterocycles. The van der Waals surface area contributed by atoms with Crippen molar-refractivity contribution in [1.82, 2.24) is 10.3 Å². The Morgan fingerprint density at radius 2 is 2.19 bits per heavy atom. The largest absolute Gasteiger partial charge is 0.389 e. The summed E-state index contributed by atoms with van der Waals surface area (Å²) in [7, 11) is 0. The van der Waals surface area contributed by atoms with Gasteiger partial charge in [-0.3, -0.25) is 4.79 Å². The van der Waals surface area contributed by atoms with E-state index in [4.69, 9.17) is 0 Å². The molecule has 112 valence electrons. The highest BCUT2D eigenvalue weighted by Gasteiger charge is 2.09. The third kappa shape index (κ3) is 3.95. The fourth-order valence-corrected chi connectivity index (χ4v) is 2.41. The van der Waals surface area contributed by atoms with Crippen LogP contribution in [0.1, 0.15) is 25.8 Å². The number of aromatic amines is 1. The topological polar surface area (TPSA) is 65.1 Å². The second-order valence-corrected chi connectivity index (χ2v) is 5.15. The molecule has 0 unspecified atom stereocenters. The van der Waals surface area contributed by atoms with E-state index >= 15 is 0 Å². The molecule has 1 atom stereocenters. The first-order chi connectivity index (χ1) is 10.1. The lowest BCUT2D eigenvalue weighted by molar-refractivity contribution is -0.117. The first-order valence-corrected chi connectivity index (χ1v) is 7.33. The number of aliphatic hydroxyl groups excluding tert-OH is 1. The number of carbonyl (C=O) groups excluding carboxylic acids is 1. The van der Waals surface area contributed by atoms with Crippen molar-refractivity contribution < 1.29 is 9.90 Å². The zero-order valence-corrected chi connectivity index (χ0v) is 12.5. The van der Waals surface area contributed by atoms with Gasteiger partial charge in [-0.1, -0.05) is 25.1 Å². The van der Waals surface area contributed by atoms with Crippen LogP contribution in [-0.2, 0) is 11.2 Å². The SMILES string of the molecule is CC/C(=C\[C@H](C)O)C(=O)NCCc1c[nH]c2ccccc12. The maximum absolute atomic E-state index is 12.0. The summed E-state index contributed by atoms with van der Waals surface area (Å²) < 4.78 is 0. The zero-order chi connectivity index (χ0) is 15.2. The van der Waals surface area contributed by atoms with Gasteiger partial charge in [-0.05, 0) is 37.5 Å². The molecule has 21 heavy (non-hydrogen) atoms. The van der Waals surface area contributed by atoms with Crippen molar-refractivity contribution in [1.29, 1.82) is 0 Å². The van der Waals surface area contributed by atoms with E-state index in [0.29, 0.717) is 18.5 Å². The Balaban J connectivity index is 1.93. The van der Waals surface area contributed by atoms with Crippen LogP contribution in [-0.4, -0.2) is 28.6 Å². The summed E-state index contributed by atoms with van der Waals surface area (Å²) in [6.45, 7) is 4.14. The lowest BCUT2D eigenvalue weighted by atomic mass is 10.1.